The molecule has 208 valence electrons. The standard InChI is InChI=1S/C27H27ClFN7O4/c1-38-23-12-19-22(13-24(23)40-8-2-5-36-6-9-39-10-7-36)32-16-33-25(19)34-18-14-30-27(31-15-18)35-26(37)17-3-4-21(29)20(28)11-17/h3-4,11-16H,2,5-10H2,1H3,(H,32,33,34)(H,30,31,35,37). The second-order valence-electron chi connectivity index (χ2n) is 8.90. The Morgan fingerprint density at radius 1 is 1.10 bits per heavy atom. The summed E-state index contributed by atoms with van der Waals surface area (Å²) in [7, 11) is 1.58. The lowest BCUT2D eigenvalue weighted by Gasteiger charge is -2.26. The summed E-state index contributed by atoms with van der Waals surface area (Å²) in [5.74, 6) is 0.627. The highest BCUT2D eigenvalue weighted by Gasteiger charge is 2.14. The molecular weight excluding hydrogens is 541 g/mol. The number of nitrogens with one attached hydrogen (secondary N) is 2. The SMILES string of the molecule is COc1cc2c(Nc3cnc(NC(=O)c4ccc(F)c(Cl)c4)nc3)ncnc2cc1OCCCN1CCOCC1. The van der Waals surface area contributed by atoms with Crippen LogP contribution in [0.5, 0.6) is 11.5 Å². The molecule has 1 aliphatic heterocycles. The van der Waals surface area contributed by atoms with Crippen LogP contribution in [0.3, 0.4) is 0 Å². The summed E-state index contributed by atoms with van der Waals surface area (Å²) in [6, 6.07) is 7.32. The molecule has 0 radical (unpaired) electrons. The number of amides is 1. The number of hydrogen-bond donors (Lipinski definition) is 2. The van der Waals surface area contributed by atoms with Gasteiger partial charge < -0.3 is 19.5 Å². The molecule has 1 amide bonds. The first-order valence-electron chi connectivity index (χ1n) is 12.6. The van der Waals surface area contributed by atoms with Crippen LogP contribution in [-0.2, 0) is 4.74 Å². The molecule has 1 saturated heterocycles. The van der Waals surface area contributed by atoms with Gasteiger partial charge in [-0.25, -0.2) is 24.3 Å². The molecule has 11 nitrogen and oxygen atoms in total. The zero-order chi connectivity index (χ0) is 27.9. The van der Waals surface area contributed by atoms with E-state index in [2.05, 4.69) is 35.5 Å². The quantitative estimate of drug-likeness (QED) is 0.268. The van der Waals surface area contributed by atoms with E-state index in [9.17, 15) is 9.18 Å². The predicted molar refractivity (Wildman–Crippen MR) is 148 cm³/mol. The number of halogens is 2. The number of methoxy groups -OCH3 is 1. The van der Waals surface area contributed by atoms with E-state index in [1.54, 1.807) is 7.11 Å². The second-order valence-corrected chi connectivity index (χ2v) is 9.31. The molecule has 0 saturated carbocycles. The largest absolute Gasteiger partial charge is 0.493 e. The normalized spacial score (nSPS) is 13.7. The summed E-state index contributed by atoms with van der Waals surface area (Å²) < 4.78 is 30.4. The van der Waals surface area contributed by atoms with E-state index in [0.29, 0.717) is 40.5 Å². The van der Waals surface area contributed by atoms with Gasteiger partial charge in [-0.2, -0.15) is 0 Å². The fourth-order valence-corrected chi connectivity index (χ4v) is 4.32. The van der Waals surface area contributed by atoms with Gasteiger partial charge in [0.15, 0.2) is 11.5 Å². The minimum absolute atomic E-state index is 0.0700. The number of rotatable bonds is 10. The zero-order valence-electron chi connectivity index (χ0n) is 21.7. The van der Waals surface area contributed by atoms with Crippen LogP contribution in [0.25, 0.3) is 10.9 Å². The lowest BCUT2D eigenvalue weighted by Crippen LogP contribution is -2.37. The molecule has 0 bridgehead atoms. The van der Waals surface area contributed by atoms with Crippen LogP contribution in [0.1, 0.15) is 16.8 Å². The zero-order valence-corrected chi connectivity index (χ0v) is 22.4. The van der Waals surface area contributed by atoms with Gasteiger partial charge in [-0.3, -0.25) is 15.0 Å². The van der Waals surface area contributed by atoms with Crippen molar-refractivity contribution >= 4 is 45.9 Å². The summed E-state index contributed by atoms with van der Waals surface area (Å²) in [4.78, 5) is 31.9. The van der Waals surface area contributed by atoms with Crippen LogP contribution >= 0.6 is 11.6 Å². The van der Waals surface area contributed by atoms with E-state index in [4.69, 9.17) is 25.8 Å². The van der Waals surface area contributed by atoms with Crippen molar-refractivity contribution in [3.8, 4) is 11.5 Å². The lowest BCUT2D eigenvalue weighted by molar-refractivity contribution is 0.0357. The highest BCUT2D eigenvalue weighted by Crippen LogP contribution is 2.34. The highest BCUT2D eigenvalue weighted by molar-refractivity contribution is 6.31. The van der Waals surface area contributed by atoms with Crippen LogP contribution in [0.4, 0.5) is 21.8 Å². The molecule has 0 atom stereocenters. The number of ether oxygens (including phenoxy) is 3. The number of aromatic nitrogens is 4. The highest BCUT2D eigenvalue weighted by atomic mass is 35.5. The average molecular weight is 568 g/mol. The van der Waals surface area contributed by atoms with Crippen LogP contribution < -0.4 is 20.1 Å². The number of carbonyl (C=O) groups excluding carboxylic acids is 1. The maximum absolute atomic E-state index is 13.4. The summed E-state index contributed by atoms with van der Waals surface area (Å²) in [5, 5.41) is 6.29. The van der Waals surface area contributed by atoms with Crippen LogP contribution in [0, 0.1) is 5.82 Å². The fraction of sp³-hybridized carbons (Fsp3) is 0.296. The molecular formula is C27H27ClFN7O4. The van der Waals surface area contributed by atoms with Crippen molar-refractivity contribution in [3.05, 3.63) is 65.5 Å². The molecule has 40 heavy (non-hydrogen) atoms. The number of nitrogens with zero attached hydrogens (tertiary/aromatic N) is 5. The lowest BCUT2D eigenvalue weighted by atomic mass is 10.2. The summed E-state index contributed by atoms with van der Waals surface area (Å²) >= 11 is 5.76. The Hall–Kier alpha value is -4.13. The van der Waals surface area contributed by atoms with Crippen molar-refractivity contribution in [2.45, 2.75) is 6.42 Å². The Kier molecular flexibility index (Phi) is 8.79. The maximum atomic E-state index is 13.4. The van der Waals surface area contributed by atoms with Crippen LogP contribution in [0.2, 0.25) is 5.02 Å². The Bertz CT molecular complexity index is 1490. The molecule has 5 rings (SSSR count). The van der Waals surface area contributed by atoms with Gasteiger partial charge in [0, 0.05) is 36.7 Å². The van der Waals surface area contributed by atoms with Crippen molar-refractivity contribution in [1.82, 2.24) is 24.8 Å². The van der Waals surface area contributed by atoms with E-state index >= 15 is 0 Å². The molecule has 2 aromatic carbocycles. The molecule has 0 unspecified atom stereocenters. The van der Waals surface area contributed by atoms with E-state index in [0.717, 1.165) is 45.3 Å². The maximum Gasteiger partial charge on any atom is 0.258 e. The van der Waals surface area contributed by atoms with Gasteiger partial charge in [-0.15, -0.1) is 0 Å². The predicted octanol–water partition coefficient (Wildman–Crippen LogP) is 4.32. The Morgan fingerprint density at radius 2 is 1.90 bits per heavy atom. The van der Waals surface area contributed by atoms with Gasteiger partial charge in [0.25, 0.3) is 5.91 Å². The van der Waals surface area contributed by atoms with Gasteiger partial charge in [0.2, 0.25) is 5.95 Å². The van der Waals surface area contributed by atoms with Crippen molar-refractivity contribution in [2.75, 3.05) is 57.2 Å². The summed E-state index contributed by atoms with van der Waals surface area (Å²) in [5.41, 5.74) is 1.38. The van der Waals surface area contributed by atoms with Crippen molar-refractivity contribution in [2.24, 2.45) is 0 Å². The number of anilines is 3. The van der Waals surface area contributed by atoms with Gasteiger partial charge in [0.1, 0.15) is 18.0 Å². The first kappa shape index (κ1) is 27.4. The summed E-state index contributed by atoms with van der Waals surface area (Å²) in [6.45, 7) is 4.93. The molecule has 1 fully saturated rings. The Labute approximate surface area is 234 Å². The third kappa shape index (κ3) is 6.71. The minimum Gasteiger partial charge on any atom is -0.493 e. The molecule has 3 heterocycles. The topological polar surface area (TPSA) is 124 Å². The van der Waals surface area contributed by atoms with Crippen molar-refractivity contribution < 1.29 is 23.4 Å². The molecule has 0 spiro atoms. The molecule has 1 aliphatic rings. The number of benzene rings is 2. The Balaban J connectivity index is 1.24. The van der Waals surface area contributed by atoms with E-state index in [1.165, 1.54) is 30.9 Å². The minimum atomic E-state index is -0.608. The monoisotopic (exact) mass is 567 g/mol. The van der Waals surface area contributed by atoms with Crippen molar-refractivity contribution in [3.63, 3.8) is 0 Å². The molecule has 13 heteroatoms. The van der Waals surface area contributed by atoms with Gasteiger partial charge >= 0.3 is 0 Å². The van der Waals surface area contributed by atoms with E-state index < -0.39 is 11.7 Å². The third-order valence-corrected chi connectivity index (χ3v) is 6.51. The number of hydrogen-bond acceptors (Lipinski definition) is 10. The average Bonchev–Trinajstić information content (AvgIpc) is 2.98. The Morgan fingerprint density at radius 3 is 2.65 bits per heavy atom. The fourth-order valence-electron chi connectivity index (χ4n) is 4.14. The molecule has 0 aliphatic carbocycles. The van der Waals surface area contributed by atoms with E-state index in [-0.39, 0.29) is 16.5 Å². The first-order valence-corrected chi connectivity index (χ1v) is 13.0. The molecule has 2 N–H and O–H groups in total. The van der Waals surface area contributed by atoms with Gasteiger partial charge in [-0.1, -0.05) is 11.6 Å². The second kappa shape index (κ2) is 12.8. The first-order chi connectivity index (χ1) is 19.5. The number of fused-ring (bicyclic) bond motifs is 1. The smallest absolute Gasteiger partial charge is 0.258 e. The molecule has 2 aromatic heterocycles. The van der Waals surface area contributed by atoms with Crippen LogP contribution in [-0.4, -0.2) is 77.3 Å². The number of carbonyl (C=O) groups is 1. The molecule has 4 aromatic rings. The van der Waals surface area contributed by atoms with Gasteiger partial charge in [0.05, 0.1) is 55.6 Å². The van der Waals surface area contributed by atoms with E-state index in [1.807, 2.05) is 12.1 Å². The summed E-state index contributed by atoms with van der Waals surface area (Å²) in [6.07, 6.45) is 5.32. The van der Waals surface area contributed by atoms with Crippen LogP contribution in [0.15, 0.2) is 49.1 Å². The number of morpholine rings is 1. The third-order valence-electron chi connectivity index (χ3n) is 6.22. The van der Waals surface area contributed by atoms with Gasteiger partial charge in [-0.05, 0) is 30.7 Å². The van der Waals surface area contributed by atoms with Crippen molar-refractivity contribution in [1.29, 1.82) is 0 Å².